The van der Waals surface area contributed by atoms with Crippen LogP contribution >= 0.6 is 0 Å². The van der Waals surface area contributed by atoms with Gasteiger partial charge in [-0.1, -0.05) is 0 Å². The maximum Gasteiger partial charge on any atom is 0.282 e. The number of halogens is 2. The molecule has 0 saturated carbocycles. The molecule has 0 aromatic carbocycles. The van der Waals surface area contributed by atoms with Crippen molar-refractivity contribution in [2.24, 2.45) is 4.99 Å². The summed E-state index contributed by atoms with van der Waals surface area (Å²) in [6, 6.07) is 1.12. The van der Waals surface area contributed by atoms with Crippen molar-refractivity contribution < 1.29 is 23.1 Å². The molecule has 4 aliphatic heterocycles. The summed E-state index contributed by atoms with van der Waals surface area (Å²) >= 11 is 0. The average molecular weight is 401 g/mol. The van der Waals surface area contributed by atoms with Crippen molar-refractivity contribution in [2.75, 3.05) is 31.1 Å². The lowest BCUT2D eigenvalue weighted by atomic mass is 10.1. The number of rotatable bonds is 2. The number of aliphatic imine (C=N–C) groups is 1. The normalized spacial score (nSPS) is 24.3. The molecule has 29 heavy (non-hydrogen) atoms. The number of aromatic nitrogens is 1. The maximum absolute atomic E-state index is 13.0. The highest BCUT2D eigenvalue weighted by atomic mass is 19.3. The van der Waals surface area contributed by atoms with Crippen LogP contribution in [0.3, 0.4) is 0 Å². The molecular weight excluding hydrogens is 384 g/mol. The number of carbonyl (C=O) groups excluding carboxylic acids is 2. The third-order valence-electron chi connectivity index (χ3n) is 5.19. The summed E-state index contributed by atoms with van der Waals surface area (Å²) in [6.45, 7) is 1.48. The van der Waals surface area contributed by atoms with Gasteiger partial charge >= 0.3 is 0 Å². The zero-order chi connectivity index (χ0) is 20.3. The van der Waals surface area contributed by atoms with Crippen molar-refractivity contribution in [3.63, 3.8) is 0 Å². The van der Waals surface area contributed by atoms with E-state index >= 15 is 0 Å². The van der Waals surface area contributed by atoms with Crippen LogP contribution in [-0.4, -0.2) is 70.6 Å². The lowest BCUT2D eigenvalue weighted by molar-refractivity contribution is -0.125. The molecule has 4 aliphatic rings. The summed E-state index contributed by atoms with van der Waals surface area (Å²) in [6.07, 6.45) is 6.65. The second-order valence-electron chi connectivity index (χ2n) is 7.32. The van der Waals surface area contributed by atoms with Crippen molar-refractivity contribution in [3.8, 4) is 5.75 Å². The van der Waals surface area contributed by atoms with E-state index in [0.29, 0.717) is 30.6 Å². The Morgan fingerprint density at radius 3 is 2.90 bits per heavy atom. The van der Waals surface area contributed by atoms with E-state index < -0.39 is 31.0 Å². The fourth-order valence-electron chi connectivity index (χ4n) is 3.69. The van der Waals surface area contributed by atoms with Gasteiger partial charge in [-0.2, -0.15) is 0 Å². The van der Waals surface area contributed by atoms with Crippen molar-refractivity contribution in [3.05, 3.63) is 41.9 Å². The molecule has 1 aromatic heterocycles. The van der Waals surface area contributed by atoms with Gasteiger partial charge in [-0.3, -0.25) is 19.5 Å². The number of ether oxygens (including phenoxy) is 1. The SMILES string of the molecule is CC1N=C2C=C(N3CCOc4cc(C(=O)N5CC(F)(F)C5)cnc43)C=CN2C1=O. The van der Waals surface area contributed by atoms with Crippen LogP contribution in [0.25, 0.3) is 0 Å². The molecule has 1 saturated heterocycles. The van der Waals surface area contributed by atoms with E-state index in [2.05, 4.69) is 9.98 Å². The minimum Gasteiger partial charge on any atom is -0.488 e. The number of alkyl halides is 2. The van der Waals surface area contributed by atoms with Gasteiger partial charge in [0.2, 0.25) is 0 Å². The van der Waals surface area contributed by atoms with Crippen molar-refractivity contribution >= 4 is 23.5 Å². The molecule has 2 amide bonds. The Morgan fingerprint density at radius 1 is 1.34 bits per heavy atom. The fraction of sp³-hybridized carbons (Fsp3) is 0.368. The van der Waals surface area contributed by atoms with Gasteiger partial charge in [0.05, 0.1) is 25.2 Å². The van der Waals surface area contributed by atoms with E-state index in [0.717, 1.165) is 10.6 Å². The molecule has 0 spiro atoms. The van der Waals surface area contributed by atoms with Crippen LogP contribution in [0, 0.1) is 0 Å². The van der Waals surface area contributed by atoms with Gasteiger partial charge in [0.25, 0.3) is 17.7 Å². The molecule has 8 nitrogen and oxygen atoms in total. The Hall–Kier alpha value is -3.30. The lowest BCUT2D eigenvalue weighted by Gasteiger charge is -2.38. The molecule has 0 radical (unpaired) electrons. The van der Waals surface area contributed by atoms with Gasteiger partial charge < -0.3 is 14.5 Å². The Balaban J connectivity index is 1.41. The van der Waals surface area contributed by atoms with E-state index in [-0.39, 0.29) is 11.5 Å². The number of amidine groups is 1. The zero-order valence-electron chi connectivity index (χ0n) is 15.5. The molecular formula is C19H17F2N5O3. The van der Waals surface area contributed by atoms with Gasteiger partial charge in [-0.05, 0) is 19.1 Å². The Kier molecular flexibility index (Phi) is 3.74. The molecule has 1 fully saturated rings. The summed E-state index contributed by atoms with van der Waals surface area (Å²) in [5.41, 5.74) is 1.00. The zero-order valence-corrected chi connectivity index (χ0v) is 15.5. The first kappa shape index (κ1) is 17.8. The van der Waals surface area contributed by atoms with E-state index in [1.165, 1.54) is 17.2 Å². The molecule has 1 aromatic rings. The van der Waals surface area contributed by atoms with Crippen LogP contribution in [0.5, 0.6) is 5.75 Å². The standard InChI is InChI=1S/C19H17F2N5O3/c1-11-17(27)26-3-2-13(7-15(26)23-11)25-4-5-29-14-6-12(8-22-16(14)25)18(28)24-9-19(20,21)10-24/h2-3,6-8,11H,4-5,9-10H2,1H3. The number of hydrogen-bond donors (Lipinski definition) is 0. The third-order valence-corrected chi connectivity index (χ3v) is 5.19. The minimum atomic E-state index is -2.82. The number of nitrogens with zero attached hydrogens (tertiary/aromatic N) is 5. The molecule has 0 N–H and O–H groups in total. The minimum absolute atomic E-state index is 0.0771. The highest BCUT2D eigenvalue weighted by Gasteiger charge is 2.46. The number of pyridine rings is 1. The van der Waals surface area contributed by atoms with Gasteiger partial charge in [-0.15, -0.1) is 0 Å². The van der Waals surface area contributed by atoms with Crippen LogP contribution in [0.15, 0.2) is 41.3 Å². The molecule has 5 rings (SSSR count). The molecule has 0 aliphatic carbocycles. The van der Waals surface area contributed by atoms with E-state index in [1.807, 2.05) is 4.90 Å². The summed E-state index contributed by atoms with van der Waals surface area (Å²) in [7, 11) is 0. The van der Waals surface area contributed by atoms with Crippen LogP contribution in [0.4, 0.5) is 14.6 Å². The van der Waals surface area contributed by atoms with Crippen LogP contribution in [0.2, 0.25) is 0 Å². The van der Waals surface area contributed by atoms with Gasteiger partial charge in [-0.25, -0.2) is 13.8 Å². The number of anilines is 1. The van der Waals surface area contributed by atoms with E-state index in [4.69, 9.17) is 4.74 Å². The summed E-state index contributed by atoms with van der Waals surface area (Å²) in [4.78, 5) is 37.6. The second-order valence-corrected chi connectivity index (χ2v) is 7.32. The van der Waals surface area contributed by atoms with E-state index in [1.54, 1.807) is 25.3 Å². The summed E-state index contributed by atoms with van der Waals surface area (Å²) in [5.74, 6) is -1.90. The predicted octanol–water partition coefficient (Wildman–Crippen LogP) is 1.41. The largest absolute Gasteiger partial charge is 0.488 e. The predicted molar refractivity (Wildman–Crippen MR) is 98.9 cm³/mol. The smallest absolute Gasteiger partial charge is 0.282 e. The first-order chi connectivity index (χ1) is 13.8. The number of amides is 2. The molecule has 1 unspecified atom stereocenters. The van der Waals surface area contributed by atoms with Crippen LogP contribution in [-0.2, 0) is 4.79 Å². The Morgan fingerprint density at radius 2 is 2.14 bits per heavy atom. The average Bonchev–Trinajstić information content (AvgIpc) is 2.97. The van der Waals surface area contributed by atoms with Gasteiger partial charge in [0.15, 0.2) is 11.6 Å². The Labute approximate surface area is 164 Å². The molecule has 10 heteroatoms. The van der Waals surface area contributed by atoms with Gasteiger partial charge in [0.1, 0.15) is 18.5 Å². The first-order valence-corrected chi connectivity index (χ1v) is 9.21. The van der Waals surface area contributed by atoms with Crippen LogP contribution in [0.1, 0.15) is 17.3 Å². The molecule has 150 valence electrons. The number of likely N-dealkylation sites (tertiary alicyclic amines) is 1. The van der Waals surface area contributed by atoms with E-state index in [9.17, 15) is 18.4 Å². The second kappa shape index (κ2) is 6.10. The van der Waals surface area contributed by atoms with Crippen molar-refractivity contribution in [1.82, 2.24) is 14.8 Å². The fourth-order valence-corrected chi connectivity index (χ4v) is 3.69. The molecule has 1 atom stereocenters. The van der Waals surface area contributed by atoms with Crippen molar-refractivity contribution in [2.45, 2.75) is 18.9 Å². The van der Waals surface area contributed by atoms with Crippen molar-refractivity contribution in [1.29, 1.82) is 0 Å². The highest BCUT2D eigenvalue weighted by Crippen LogP contribution is 2.35. The number of hydrogen-bond acceptors (Lipinski definition) is 6. The molecule has 0 bridgehead atoms. The summed E-state index contributed by atoms with van der Waals surface area (Å²) < 4.78 is 31.8. The first-order valence-electron chi connectivity index (χ1n) is 9.21. The number of carbonyl (C=O) groups is 2. The monoisotopic (exact) mass is 401 g/mol. The lowest BCUT2D eigenvalue weighted by Crippen LogP contribution is -2.58. The van der Waals surface area contributed by atoms with Gasteiger partial charge in [0, 0.05) is 24.2 Å². The Bertz CT molecular complexity index is 1010. The maximum atomic E-state index is 13.0. The highest BCUT2D eigenvalue weighted by molar-refractivity contribution is 6.12. The summed E-state index contributed by atoms with van der Waals surface area (Å²) in [5, 5.41) is 0. The third kappa shape index (κ3) is 2.86. The quantitative estimate of drug-likeness (QED) is 0.749. The molecule has 5 heterocycles. The van der Waals surface area contributed by atoms with Crippen LogP contribution < -0.4 is 9.64 Å². The topological polar surface area (TPSA) is 78.3 Å². The number of allylic oxidation sites excluding steroid dienone is 1. The number of fused-ring (bicyclic) bond motifs is 2.